The van der Waals surface area contributed by atoms with Crippen molar-refractivity contribution in [2.75, 3.05) is 18.6 Å². The average Bonchev–Trinajstić information content (AvgIpc) is 2.35. The molecule has 0 aliphatic rings. The molecule has 0 radical (unpaired) electrons. The van der Waals surface area contributed by atoms with E-state index in [-0.39, 0.29) is 18.2 Å². The number of anilines is 1. The fourth-order valence-corrected chi connectivity index (χ4v) is 1.48. The van der Waals surface area contributed by atoms with E-state index >= 15 is 0 Å². The SMILES string of the molecule is COC(=O)CN(C(C)=O)c1ccccc1OC(C)=O. The molecular weight excluding hydrogens is 250 g/mol. The number of amides is 1. The van der Waals surface area contributed by atoms with Gasteiger partial charge in [0.05, 0.1) is 12.8 Å². The predicted octanol–water partition coefficient (Wildman–Crippen LogP) is 1.14. The summed E-state index contributed by atoms with van der Waals surface area (Å²) >= 11 is 0. The van der Waals surface area contributed by atoms with Crippen molar-refractivity contribution in [1.82, 2.24) is 0 Å². The zero-order chi connectivity index (χ0) is 14.4. The molecule has 0 atom stereocenters. The highest BCUT2D eigenvalue weighted by atomic mass is 16.5. The zero-order valence-electron chi connectivity index (χ0n) is 11.0. The molecule has 1 amide bonds. The van der Waals surface area contributed by atoms with Crippen molar-refractivity contribution in [3.63, 3.8) is 0 Å². The largest absolute Gasteiger partial charge is 0.468 e. The minimum absolute atomic E-state index is 0.217. The number of carbonyl (C=O) groups is 3. The molecule has 0 aliphatic heterocycles. The highest BCUT2D eigenvalue weighted by Gasteiger charge is 2.20. The normalized spacial score (nSPS) is 9.63. The average molecular weight is 265 g/mol. The van der Waals surface area contributed by atoms with Crippen LogP contribution in [-0.4, -0.2) is 31.5 Å². The lowest BCUT2D eigenvalue weighted by molar-refractivity contribution is -0.139. The van der Waals surface area contributed by atoms with E-state index in [1.165, 1.54) is 25.9 Å². The Kier molecular flexibility index (Phi) is 5.05. The highest BCUT2D eigenvalue weighted by Crippen LogP contribution is 2.28. The fraction of sp³-hybridized carbons (Fsp3) is 0.308. The van der Waals surface area contributed by atoms with Crippen LogP contribution < -0.4 is 9.64 Å². The molecule has 1 aromatic rings. The van der Waals surface area contributed by atoms with Gasteiger partial charge in [0.25, 0.3) is 0 Å². The topological polar surface area (TPSA) is 72.9 Å². The summed E-state index contributed by atoms with van der Waals surface area (Å²) in [5, 5.41) is 0. The van der Waals surface area contributed by atoms with Crippen LogP contribution >= 0.6 is 0 Å². The Bertz CT molecular complexity index is 498. The molecule has 102 valence electrons. The standard InChI is InChI=1S/C13H15NO5/c1-9(15)14(8-13(17)18-3)11-6-4-5-7-12(11)19-10(2)16/h4-7H,8H2,1-3H3. The van der Waals surface area contributed by atoms with Crippen molar-refractivity contribution in [3.05, 3.63) is 24.3 Å². The summed E-state index contributed by atoms with van der Waals surface area (Å²) in [5.41, 5.74) is 0.343. The first-order chi connectivity index (χ1) is 8.95. The third-order valence-electron chi connectivity index (χ3n) is 2.30. The number of hydrogen-bond donors (Lipinski definition) is 0. The summed E-state index contributed by atoms with van der Waals surface area (Å²) in [5.74, 6) is -1.21. The van der Waals surface area contributed by atoms with E-state index in [1.807, 2.05) is 0 Å². The van der Waals surface area contributed by atoms with Crippen molar-refractivity contribution >= 4 is 23.5 Å². The second-order valence-electron chi connectivity index (χ2n) is 3.74. The number of nitrogens with zero attached hydrogens (tertiary/aromatic N) is 1. The third kappa shape index (κ3) is 4.09. The van der Waals surface area contributed by atoms with Crippen molar-refractivity contribution in [1.29, 1.82) is 0 Å². The van der Waals surface area contributed by atoms with Crippen LogP contribution in [0.25, 0.3) is 0 Å². The molecule has 0 bridgehead atoms. The molecule has 0 heterocycles. The van der Waals surface area contributed by atoms with E-state index in [0.717, 1.165) is 0 Å². The summed E-state index contributed by atoms with van der Waals surface area (Å²) in [7, 11) is 1.23. The van der Waals surface area contributed by atoms with E-state index < -0.39 is 11.9 Å². The lowest BCUT2D eigenvalue weighted by Gasteiger charge is -2.21. The molecule has 0 saturated heterocycles. The van der Waals surface area contributed by atoms with Gasteiger partial charge < -0.3 is 9.47 Å². The minimum Gasteiger partial charge on any atom is -0.468 e. The smallest absolute Gasteiger partial charge is 0.325 e. The Balaban J connectivity index is 3.11. The number of esters is 2. The Morgan fingerprint density at radius 3 is 2.32 bits per heavy atom. The number of benzene rings is 1. The van der Waals surface area contributed by atoms with Crippen LogP contribution in [0.2, 0.25) is 0 Å². The molecular formula is C13H15NO5. The van der Waals surface area contributed by atoms with Crippen LogP contribution in [-0.2, 0) is 19.1 Å². The molecule has 1 aromatic carbocycles. The first kappa shape index (κ1) is 14.7. The fourth-order valence-electron chi connectivity index (χ4n) is 1.48. The van der Waals surface area contributed by atoms with Crippen LogP contribution in [0.15, 0.2) is 24.3 Å². The summed E-state index contributed by atoms with van der Waals surface area (Å²) in [6.07, 6.45) is 0. The lowest BCUT2D eigenvalue weighted by Crippen LogP contribution is -2.34. The van der Waals surface area contributed by atoms with Gasteiger partial charge in [-0.3, -0.25) is 19.3 Å². The number of para-hydroxylation sites is 2. The number of methoxy groups -OCH3 is 1. The minimum atomic E-state index is -0.562. The highest BCUT2D eigenvalue weighted by molar-refractivity contribution is 5.97. The van der Waals surface area contributed by atoms with Gasteiger partial charge in [-0.25, -0.2) is 0 Å². The van der Waals surface area contributed by atoms with Gasteiger partial charge in [0.15, 0.2) is 5.75 Å². The van der Waals surface area contributed by atoms with E-state index in [4.69, 9.17) is 4.74 Å². The first-order valence-corrected chi connectivity index (χ1v) is 5.58. The van der Waals surface area contributed by atoms with Gasteiger partial charge in [0.1, 0.15) is 6.54 Å². The van der Waals surface area contributed by atoms with Gasteiger partial charge in [0.2, 0.25) is 5.91 Å². The van der Waals surface area contributed by atoms with Crippen LogP contribution in [0.4, 0.5) is 5.69 Å². The molecule has 0 aromatic heterocycles. The van der Waals surface area contributed by atoms with Gasteiger partial charge in [-0.2, -0.15) is 0 Å². The quantitative estimate of drug-likeness (QED) is 0.603. The Labute approximate surface area is 110 Å². The number of ether oxygens (including phenoxy) is 2. The molecule has 6 nitrogen and oxygen atoms in total. The molecule has 0 N–H and O–H groups in total. The predicted molar refractivity (Wildman–Crippen MR) is 67.8 cm³/mol. The second-order valence-corrected chi connectivity index (χ2v) is 3.74. The number of rotatable bonds is 4. The van der Waals surface area contributed by atoms with Crippen molar-refractivity contribution in [3.8, 4) is 5.75 Å². The van der Waals surface area contributed by atoms with Gasteiger partial charge in [0, 0.05) is 13.8 Å². The zero-order valence-corrected chi connectivity index (χ0v) is 11.0. The molecule has 0 aliphatic carbocycles. The van der Waals surface area contributed by atoms with Crippen LogP contribution in [0.1, 0.15) is 13.8 Å². The summed E-state index contributed by atoms with van der Waals surface area (Å²) in [6, 6.07) is 6.47. The molecule has 19 heavy (non-hydrogen) atoms. The maximum Gasteiger partial charge on any atom is 0.325 e. The van der Waals surface area contributed by atoms with Crippen LogP contribution in [0.5, 0.6) is 5.75 Å². The first-order valence-electron chi connectivity index (χ1n) is 5.58. The summed E-state index contributed by atoms with van der Waals surface area (Å²) in [6.45, 7) is 2.33. The van der Waals surface area contributed by atoms with Gasteiger partial charge in [-0.1, -0.05) is 12.1 Å². The maximum absolute atomic E-state index is 11.6. The Hall–Kier alpha value is -2.37. The van der Waals surface area contributed by atoms with Crippen molar-refractivity contribution in [2.24, 2.45) is 0 Å². The number of carbonyl (C=O) groups excluding carboxylic acids is 3. The lowest BCUT2D eigenvalue weighted by atomic mass is 10.2. The Morgan fingerprint density at radius 1 is 1.16 bits per heavy atom. The van der Waals surface area contributed by atoms with Crippen LogP contribution in [0.3, 0.4) is 0 Å². The van der Waals surface area contributed by atoms with Crippen molar-refractivity contribution in [2.45, 2.75) is 13.8 Å². The van der Waals surface area contributed by atoms with Crippen molar-refractivity contribution < 1.29 is 23.9 Å². The van der Waals surface area contributed by atoms with E-state index in [1.54, 1.807) is 24.3 Å². The summed E-state index contributed by atoms with van der Waals surface area (Å²) < 4.78 is 9.54. The monoisotopic (exact) mass is 265 g/mol. The van der Waals surface area contributed by atoms with E-state index in [9.17, 15) is 14.4 Å². The van der Waals surface area contributed by atoms with Crippen LogP contribution in [0, 0.1) is 0 Å². The molecule has 6 heteroatoms. The maximum atomic E-state index is 11.6. The molecule has 0 saturated carbocycles. The summed E-state index contributed by atoms with van der Waals surface area (Å²) in [4.78, 5) is 35.1. The van der Waals surface area contributed by atoms with Gasteiger partial charge >= 0.3 is 11.9 Å². The van der Waals surface area contributed by atoms with Gasteiger partial charge in [-0.15, -0.1) is 0 Å². The van der Waals surface area contributed by atoms with E-state index in [2.05, 4.69) is 4.74 Å². The number of hydrogen-bond acceptors (Lipinski definition) is 5. The Morgan fingerprint density at radius 2 is 1.79 bits per heavy atom. The molecule has 0 unspecified atom stereocenters. The third-order valence-corrected chi connectivity index (χ3v) is 2.30. The molecule has 0 spiro atoms. The van der Waals surface area contributed by atoms with E-state index in [0.29, 0.717) is 5.69 Å². The second kappa shape index (κ2) is 6.53. The molecule has 0 fully saturated rings. The molecule has 1 rings (SSSR count). The van der Waals surface area contributed by atoms with Gasteiger partial charge in [-0.05, 0) is 12.1 Å².